The lowest BCUT2D eigenvalue weighted by Crippen LogP contribution is -2.42. The zero-order valence-electron chi connectivity index (χ0n) is 17.9. The van der Waals surface area contributed by atoms with E-state index >= 15 is 0 Å². The first-order valence-corrected chi connectivity index (χ1v) is 10.8. The summed E-state index contributed by atoms with van der Waals surface area (Å²) in [6.07, 6.45) is 5.36. The molecule has 1 amide bonds. The SMILES string of the molecule is CCCCCCCC(NC(=O)OCC1c2ccccc2-c2ccccc21)C(=O)OC. The highest BCUT2D eigenvalue weighted by Crippen LogP contribution is 2.44. The quantitative estimate of drug-likeness (QED) is 0.420. The second kappa shape index (κ2) is 10.8. The molecule has 1 unspecified atom stereocenters. The van der Waals surface area contributed by atoms with Crippen molar-refractivity contribution in [3.63, 3.8) is 0 Å². The van der Waals surface area contributed by atoms with Crippen molar-refractivity contribution in [2.24, 2.45) is 0 Å². The summed E-state index contributed by atoms with van der Waals surface area (Å²) >= 11 is 0. The lowest BCUT2D eigenvalue weighted by atomic mass is 9.98. The van der Waals surface area contributed by atoms with Crippen molar-refractivity contribution >= 4 is 12.1 Å². The second-order valence-corrected chi connectivity index (χ2v) is 7.75. The second-order valence-electron chi connectivity index (χ2n) is 7.75. The van der Waals surface area contributed by atoms with Crippen LogP contribution in [0.4, 0.5) is 4.79 Å². The zero-order chi connectivity index (χ0) is 21.3. The number of fused-ring (bicyclic) bond motifs is 3. The van der Waals surface area contributed by atoms with E-state index in [0.29, 0.717) is 6.42 Å². The van der Waals surface area contributed by atoms with Crippen molar-refractivity contribution < 1.29 is 19.1 Å². The van der Waals surface area contributed by atoms with Crippen LogP contribution in [-0.2, 0) is 14.3 Å². The largest absolute Gasteiger partial charge is 0.467 e. The minimum atomic E-state index is -0.674. The number of carbonyl (C=O) groups excluding carboxylic acids is 2. The molecule has 0 aliphatic heterocycles. The standard InChI is InChI=1S/C25H31NO4/c1-3-4-5-6-7-16-23(24(27)29-2)26-25(28)30-17-22-20-14-10-8-12-18(20)19-13-9-11-15-21(19)22/h8-15,22-23H,3-7,16-17H2,1-2H3,(H,26,28). The maximum absolute atomic E-state index is 12.4. The number of alkyl carbamates (subject to hydrolysis) is 1. The first kappa shape index (κ1) is 21.9. The molecule has 5 heteroatoms. The Bertz CT molecular complexity index is 818. The summed E-state index contributed by atoms with van der Waals surface area (Å²) in [4.78, 5) is 24.5. The fraction of sp³-hybridized carbons (Fsp3) is 0.440. The molecule has 0 saturated heterocycles. The molecule has 1 aliphatic carbocycles. The fourth-order valence-corrected chi connectivity index (χ4v) is 4.13. The summed E-state index contributed by atoms with van der Waals surface area (Å²) in [7, 11) is 1.34. The molecular formula is C25H31NO4. The van der Waals surface area contributed by atoms with E-state index in [0.717, 1.165) is 30.4 Å². The number of benzene rings is 2. The molecule has 0 saturated carbocycles. The molecule has 0 heterocycles. The summed E-state index contributed by atoms with van der Waals surface area (Å²) in [5.74, 6) is -0.437. The van der Waals surface area contributed by atoms with E-state index in [9.17, 15) is 9.59 Å². The number of amides is 1. The molecule has 30 heavy (non-hydrogen) atoms. The minimum Gasteiger partial charge on any atom is -0.467 e. The molecule has 3 rings (SSSR count). The van der Waals surface area contributed by atoms with E-state index in [1.54, 1.807) is 0 Å². The molecule has 0 spiro atoms. The van der Waals surface area contributed by atoms with E-state index < -0.39 is 18.1 Å². The van der Waals surface area contributed by atoms with Crippen LogP contribution >= 0.6 is 0 Å². The van der Waals surface area contributed by atoms with Gasteiger partial charge in [0, 0.05) is 5.92 Å². The highest BCUT2D eigenvalue weighted by Gasteiger charge is 2.29. The first-order chi connectivity index (χ1) is 14.7. The maximum Gasteiger partial charge on any atom is 0.407 e. The summed E-state index contributed by atoms with van der Waals surface area (Å²) in [5, 5.41) is 2.69. The number of methoxy groups -OCH3 is 1. The van der Waals surface area contributed by atoms with Crippen LogP contribution in [0, 0.1) is 0 Å². The molecule has 160 valence electrons. The monoisotopic (exact) mass is 409 g/mol. The third-order valence-electron chi connectivity index (χ3n) is 5.72. The van der Waals surface area contributed by atoms with Crippen LogP contribution in [0.5, 0.6) is 0 Å². The van der Waals surface area contributed by atoms with Gasteiger partial charge in [-0.25, -0.2) is 9.59 Å². The van der Waals surface area contributed by atoms with Gasteiger partial charge >= 0.3 is 12.1 Å². The van der Waals surface area contributed by atoms with Crippen LogP contribution in [0.1, 0.15) is 62.5 Å². The van der Waals surface area contributed by atoms with Gasteiger partial charge in [0.2, 0.25) is 0 Å². The molecule has 0 bridgehead atoms. The van der Waals surface area contributed by atoms with Crippen molar-refractivity contribution in [3.05, 3.63) is 59.7 Å². The van der Waals surface area contributed by atoms with Gasteiger partial charge in [-0.05, 0) is 28.7 Å². The van der Waals surface area contributed by atoms with Gasteiger partial charge in [-0.3, -0.25) is 0 Å². The van der Waals surface area contributed by atoms with Crippen LogP contribution in [0.2, 0.25) is 0 Å². The summed E-state index contributed by atoms with van der Waals surface area (Å²) < 4.78 is 10.4. The Hall–Kier alpha value is -2.82. The number of hydrogen-bond donors (Lipinski definition) is 1. The van der Waals surface area contributed by atoms with Gasteiger partial charge in [-0.2, -0.15) is 0 Å². The van der Waals surface area contributed by atoms with E-state index in [4.69, 9.17) is 9.47 Å². The summed E-state index contributed by atoms with van der Waals surface area (Å²) in [6.45, 7) is 2.39. The Balaban J connectivity index is 1.58. The Morgan fingerprint density at radius 1 is 0.933 bits per heavy atom. The normalized spacial score (nSPS) is 13.3. The predicted molar refractivity (Wildman–Crippen MR) is 117 cm³/mol. The third kappa shape index (κ3) is 5.21. The molecule has 0 radical (unpaired) electrons. The summed E-state index contributed by atoms with van der Waals surface area (Å²) in [6, 6.07) is 15.7. The molecule has 1 aliphatic rings. The van der Waals surface area contributed by atoms with Crippen LogP contribution in [-0.4, -0.2) is 31.8 Å². The first-order valence-electron chi connectivity index (χ1n) is 10.8. The molecule has 5 nitrogen and oxygen atoms in total. The average molecular weight is 410 g/mol. The van der Waals surface area contributed by atoms with E-state index in [2.05, 4.69) is 36.5 Å². The Labute approximate surface area is 178 Å². The number of nitrogens with one attached hydrogen (secondary N) is 1. The van der Waals surface area contributed by atoms with Crippen molar-refractivity contribution in [1.82, 2.24) is 5.32 Å². The number of unbranched alkanes of at least 4 members (excludes halogenated alkanes) is 4. The van der Waals surface area contributed by atoms with Gasteiger partial charge in [0.05, 0.1) is 7.11 Å². The molecule has 2 aromatic carbocycles. The predicted octanol–water partition coefficient (Wildman–Crippen LogP) is 5.43. The van der Waals surface area contributed by atoms with Crippen LogP contribution in [0.3, 0.4) is 0 Å². The fourth-order valence-electron chi connectivity index (χ4n) is 4.13. The topological polar surface area (TPSA) is 64.6 Å². The van der Waals surface area contributed by atoms with Gasteiger partial charge in [0.25, 0.3) is 0 Å². The summed E-state index contributed by atoms with van der Waals surface area (Å²) in [5.41, 5.74) is 4.68. The number of rotatable bonds is 10. The molecule has 0 aromatic heterocycles. The lowest BCUT2D eigenvalue weighted by Gasteiger charge is -2.18. The van der Waals surface area contributed by atoms with Gasteiger partial charge in [0.15, 0.2) is 0 Å². The number of esters is 1. The van der Waals surface area contributed by atoms with Gasteiger partial charge in [-0.15, -0.1) is 0 Å². The van der Waals surface area contributed by atoms with E-state index in [1.165, 1.54) is 31.1 Å². The lowest BCUT2D eigenvalue weighted by molar-refractivity contribution is -0.143. The highest BCUT2D eigenvalue weighted by atomic mass is 16.6. The highest BCUT2D eigenvalue weighted by molar-refractivity contribution is 5.82. The van der Waals surface area contributed by atoms with Crippen molar-refractivity contribution in [3.8, 4) is 11.1 Å². The van der Waals surface area contributed by atoms with Crippen molar-refractivity contribution in [2.45, 2.75) is 57.4 Å². The van der Waals surface area contributed by atoms with Crippen molar-refractivity contribution in [1.29, 1.82) is 0 Å². The minimum absolute atomic E-state index is 0.00577. The van der Waals surface area contributed by atoms with Crippen LogP contribution < -0.4 is 5.32 Å². The smallest absolute Gasteiger partial charge is 0.407 e. The van der Waals surface area contributed by atoms with Crippen molar-refractivity contribution in [2.75, 3.05) is 13.7 Å². The Kier molecular flexibility index (Phi) is 7.89. The number of hydrogen-bond acceptors (Lipinski definition) is 4. The Morgan fingerprint density at radius 2 is 1.53 bits per heavy atom. The van der Waals surface area contributed by atoms with Gasteiger partial charge < -0.3 is 14.8 Å². The Morgan fingerprint density at radius 3 is 2.13 bits per heavy atom. The average Bonchev–Trinajstić information content (AvgIpc) is 3.10. The molecule has 1 N–H and O–H groups in total. The molecular weight excluding hydrogens is 378 g/mol. The van der Waals surface area contributed by atoms with Crippen LogP contribution in [0.15, 0.2) is 48.5 Å². The molecule has 1 atom stereocenters. The van der Waals surface area contributed by atoms with Gasteiger partial charge in [-0.1, -0.05) is 87.6 Å². The van der Waals surface area contributed by atoms with E-state index in [1.807, 2.05) is 24.3 Å². The van der Waals surface area contributed by atoms with Crippen LogP contribution in [0.25, 0.3) is 11.1 Å². The number of ether oxygens (including phenoxy) is 2. The molecule has 2 aromatic rings. The zero-order valence-corrected chi connectivity index (χ0v) is 17.9. The number of carbonyl (C=O) groups is 2. The molecule has 0 fully saturated rings. The van der Waals surface area contributed by atoms with E-state index in [-0.39, 0.29) is 12.5 Å². The third-order valence-corrected chi connectivity index (χ3v) is 5.72. The van der Waals surface area contributed by atoms with Gasteiger partial charge in [0.1, 0.15) is 12.6 Å². The maximum atomic E-state index is 12.4.